The first-order valence-electron chi connectivity index (χ1n) is 12.1. The third kappa shape index (κ3) is 9.74. The Hall–Kier alpha value is -3.63. The van der Waals surface area contributed by atoms with Gasteiger partial charge in [-0.15, -0.1) is 0 Å². The fraction of sp³-hybridized carbons (Fsp3) is 0.577. The van der Waals surface area contributed by atoms with E-state index in [1.54, 1.807) is 6.92 Å². The number of alkyl carbamates (subject to hydrolysis) is 1. The molecule has 1 aromatic rings. The maximum atomic E-state index is 13.0. The number of carbonyl (C=O) groups is 5. The smallest absolute Gasteiger partial charge is 0.408 e. The zero-order valence-corrected chi connectivity index (χ0v) is 22.9. The second kappa shape index (κ2) is 13.6. The van der Waals surface area contributed by atoms with Crippen LogP contribution < -0.4 is 21.3 Å². The monoisotopic (exact) mass is 520 g/mol. The Labute approximate surface area is 218 Å². The van der Waals surface area contributed by atoms with Crippen molar-refractivity contribution < 1.29 is 33.4 Å². The molecule has 0 aliphatic rings. The minimum absolute atomic E-state index is 0.0459. The van der Waals surface area contributed by atoms with Crippen molar-refractivity contribution in [3.05, 3.63) is 35.9 Å². The Kier molecular flexibility index (Phi) is 11.6. The van der Waals surface area contributed by atoms with Crippen LogP contribution in [0, 0.1) is 5.92 Å². The number of benzene rings is 1. The van der Waals surface area contributed by atoms with Gasteiger partial charge in [0.2, 0.25) is 17.7 Å². The standard InChI is InChI=1S/C26H40N4O7/c1-9-16(2)19(28-24(35)37-15-18-13-11-10-12-14-18)21(32)27-17(3)20(31)29-25(4,5)22(33)30-26(6,7)23(34)36-8/h10-14,16-17,19H,9,15H2,1-8H3,(H,27,32)(H,28,35)(H,29,31)(H,30,33)/t16-,17-,19-/m0/s1. The zero-order chi connectivity index (χ0) is 28.4. The molecule has 0 fully saturated rings. The first-order chi connectivity index (χ1) is 17.1. The Balaban J connectivity index is 2.77. The van der Waals surface area contributed by atoms with Gasteiger partial charge in [-0.05, 0) is 46.1 Å². The summed E-state index contributed by atoms with van der Waals surface area (Å²) in [6, 6.07) is 7.14. The predicted molar refractivity (Wildman–Crippen MR) is 137 cm³/mol. The summed E-state index contributed by atoms with van der Waals surface area (Å²) in [5, 5.41) is 10.3. The van der Waals surface area contributed by atoms with Gasteiger partial charge in [-0.3, -0.25) is 14.4 Å². The Bertz CT molecular complexity index is 963. The molecule has 0 saturated carbocycles. The van der Waals surface area contributed by atoms with Crippen molar-refractivity contribution in [1.29, 1.82) is 0 Å². The summed E-state index contributed by atoms with van der Waals surface area (Å²) in [5.41, 5.74) is -1.91. The highest BCUT2D eigenvalue weighted by Crippen LogP contribution is 2.12. The van der Waals surface area contributed by atoms with Crippen molar-refractivity contribution in [3.8, 4) is 0 Å². The van der Waals surface area contributed by atoms with E-state index in [0.717, 1.165) is 5.56 Å². The molecule has 0 aromatic heterocycles. The molecule has 0 aliphatic carbocycles. The molecular formula is C26H40N4O7. The molecule has 3 atom stereocenters. The lowest BCUT2D eigenvalue weighted by molar-refractivity contribution is -0.150. The quantitative estimate of drug-likeness (QED) is 0.307. The normalized spacial score (nSPS) is 13.8. The topological polar surface area (TPSA) is 152 Å². The van der Waals surface area contributed by atoms with E-state index in [4.69, 9.17) is 4.74 Å². The number of hydrogen-bond acceptors (Lipinski definition) is 7. The summed E-state index contributed by atoms with van der Waals surface area (Å²) in [4.78, 5) is 62.7. The van der Waals surface area contributed by atoms with Gasteiger partial charge < -0.3 is 30.7 Å². The largest absolute Gasteiger partial charge is 0.467 e. The van der Waals surface area contributed by atoms with Gasteiger partial charge in [-0.1, -0.05) is 50.6 Å². The molecule has 0 heterocycles. The van der Waals surface area contributed by atoms with Crippen molar-refractivity contribution in [2.24, 2.45) is 5.92 Å². The van der Waals surface area contributed by atoms with Crippen LogP contribution in [0.2, 0.25) is 0 Å². The van der Waals surface area contributed by atoms with E-state index in [1.165, 1.54) is 41.7 Å². The fourth-order valence-electron chi connectivity index (χ4n) is 3.18. The highest BCUT2D eigenvalue weighted by atomic mass is 16.5. The minimum Gasteiger partial charge on any atom is -0.467 e. The third-order valence-electron chi connectivity index (χ3n) is 5.86. The van der Waals surface area contributed by atoms with Crippen molar-refractivity contribution in [3.63, 3.8) is 0 Å². The van der Waals surface area contributed by atoms with Gasteiger partial charge >= 0.3 is 12.1 Å². The lowest BCUT2D eigenvalue weighted by Crippen LogP contribution is -2.63. The van der Waals surface area contributed by atoms with E-state index in [9.17, 15) is 24.0 Å². The summed E-state index contributed by atoms with van der Waals surface area (Å²) in [5.74, 6) is -2.70. The Morgan fingerprint density at radius 1 is 0.865 bits per heavy atom. The average Bonchev–Trinajstić information content (AvgIpc) is 2.84. The highest BCUT2D eigenvalue weighted by Gasteiger charge is 2.38. The van der Waals surface area contributed by atoms with Crippen LogP contribution in [0.1, 0.15) is 60.5 Å². The maximum Gasteiger partial charge on any atom is 0.408 e. The predicted octanol–water partition coefficient (Wildman–Crippen LogP) is 1.79. The average molecular weight is 521 g/mol. The SMILES string of the molecule is CC[C@H](C)[C@H](NC(=O)OCc1ccccc1)C(=O)N[C@@H](C)C(=O)NC(C)(C)C(=O)NC(C)(C)C(=O)OC. The molecule has 1 rings (SSSR count). The maximum absolute atomic E-state index is 13.0. The van der Waals surface area contributed by atoms with E-state index in [0.29, 0.717) is 6.42 Å². The van der Waals surface area contributed by atoms with Gasteiger partial charge in [0.05, 0.1) is 7.11 Å². The van der Waals surface area contributed by atoms with Crippen LogP contribution in [0.5, 0.6) is 0 Å². The molecule has 0 unspecified atom stereocenters. The van der Waals surface area contributed by atoms with Gasteiger partial charge in [-0.25, -0.2) is 9.59 Å². The van der Waals surface area contributed by atoms with Gasteiger partial charge in [0.15, 0.2) is 0 Å². The molecular weight excluding hydrogens is 480 g/mol. The molecule has 0 aliphatic heterocycles. The summed E-state index contributed by atoms with van der Waals surface area (Å²) < 4.78 is 9.91. The Morgan fingerprint density at radius 2 is 1.46 bits per heavy atom. The van der Waals surface area contributed by atoms with Crippen molar-refractivity contribution in [1.82, 2.24) is 21.3 Å². The van der Waals surface area contributed by atoms with Crippen molar-refractivity contribution in [2.45, 2.75) is 84.7 Å². The molecule has 4 amide bonds. The number of ether oxygens (including phenoxy) is 2. The molecule has 0 radical (unpaired) electrons. The Morgan fingerprint density at radius 3 is 2.00 bits per heavy atom. The van der Waals surface area contributed by atoms with E-state index >= 15 is 0 Å². The van der Waals surface area contributed by atoms with E-state index in [-0.39, 0.29) is 12.5 Å². The van der Waals surface area contributed by atoms with E-state index in [1.807, 2.05) is 37.3 Å². The third-order valence-corrected chi connectivity index (χ3v) is 5.86. The number of amides is 4. The van der Waals surface area contributed by atoms with Crippen molar-refractivity contribution >= 4 is 29.8 Å². The van der Waals surface area contributed by atoms with Crippen LogP contribution in [-0.4, -0.2) is 60.1 Å². The number of carbonyl (C=O) groups excluding carboxylic acids is 5. The number of rotatable bonds is 12. The number of nitrogens with one attached hydrogen (secondary N) is 4. The van der Waals surface area contributed by atoms with E-state index < -0.39 is 52.9 Å². The molecule has 11 nitrogen and oxygen atoms in total. The minimum atomic E-state index is -1.41. The van der Waals surface area contributed by atoms with Crippen LogP contribution in [0.25, 0.3) is 0 Å². The molecule has 206 valence electrons. The van der Waals surface area contributed by atoms with Crippen LogP contribution in [0.3, 0.4) is 0 Å². The van der Waals surface area contributed by atoms with Gasteiger partial charge in [0, 0.05) is 0 Å². The highest BCUT2D eigenvalue weighted by molar-refractivity contribution is 5.97. The van der Waals surface area contributed by atoms with E-state index in [2.05, 4.69) is 26.0 Å². The first kappa shape index (κ1) is 31.4. The van der Waals surface area contributed by atoms with Crippen LogP contribution in [0.4, 0.5) is 4.79 Å². The van der Waals surface area contributed by atoms with Gasteiger partial charge in [0.25, 0.3) is 0 Å². The fourth-order valence-corrected chi connectivity index (χ4v) is 3.18. The molecule has 4 N–H and O–H groups in total. The van der Waals surface area contributed by atoms with Crippen LogP contribution in [0.15, 0.2) is 30.3 Å². The molecule has 0 bridgehead atoms. The lowest BCUT2D eigenvalue weighted by Gasteiger charge is -2.32. The second-order valence-corrected chi connectivity index (χ2v) is 9.98. The molecule has 37 heavy (non-hydrogen) atoms. The number of hydrogen-bond donors (Lipinski definition) is 4. The van der Waals surface area contributed by atoms with Crippen LogP contribution in [-0.2, 0) is 35.3 Å². The summed E-state index contributed by atoms with van der Waals surface area (Å²) >= 11 is 0. The summed E-state index contributed by atoms with van der Waals surface area (Å²) in [6.45, 7) is 11.1. The van der Waals surface area contributed by atoms with Crippen LogP contribution >= 0.6 is 0 Å². The summed E-state index contributed by atoms with van der Waals surface area (Å²) in [7, 11) is 1.21. The van der Waals surface area contributed by atoms with Gasteiger partial charge in [0.1, 0.15) is 29.8 Å². The summed E-state index contributed by atoms with van der Waals surface area (Å²) in [6.07, 6.45) is -0.173. The number of esters is 1. The second-order valence-electron chi connectivity index (χ2n) is 9.98. The lowest BCUT2D eigenvalue weighted by atomic mass is 9.98. The number of methoxy groups -OCH3 is 1. The molecule has 1 aromatic carbocycles. The molecule has 0 spiro atoms. The van der Waals surface area contributed by atoms with Gasteiger partial charge in [-0.2, -0.15) is 0 Å². The van der Waals surface area contributed by atoms with Crippen molar-refractivity contribution in [2.75, 3.05) is 7.11 Å². The first-order valence-corrected chi connectivity index (χ1v) is 12.1. The molecule has 11 heteroatoms. The zero-order valence-electron chi connectivity index (χ0n) is 22.9. The molecule has 0 saturated heterocycles.